The molecule has 1 aliphatic heterocycles. The molecule has 0 saturated carbocycles. The van der Waals surface area contributed by atoms with Crippen molar-refractivity contribution >= 4 is 11.6 Å². The summed E-state index contributed by atoms with van der Waals surface area (Å²) in [7, 11) is 0. The number of nitrogen functional groups attached to an aromatic ring is 1. The van der Waals surface area contributed by atoms with Crippen LogP contribution >= 0.6 is 0 Å². The summed E-state index contributed by atoms with van der Waals surface area (Å²) in [4.78, 5) is 14.1. The molecule has 1 amide bonds. The Balaban J connectivity index is 1.89. The summed E-state index contributed by atoms with van der Waals surface area (Å²) >= 11 is 0. The molecular weight excluding hydrogens is 240 g/mol. The quantitative estimate of drug-likeness (QED) is 0.851. The van der Waals surface area contributed by atoms with Crippen molar-refractivity contribution in [1.82, 2.24) is 4.90 Å². The molecule has 1 unspecified atom stereocenters. The lowest BCUT2D eigenvalue weighted by Gasteiger charge is -2.27. The molecule has 0 radical (unpaired) electrons. The SMILES string of the molecule is CC1CCCCCN1C(=O)COc1cccc(N)c1. The maximum absolute atomic E-state index is 12.2. The summed E-state index contributed by atoms with van der Waals surface area (Å²) in [5, 5.41) is 0. The zero-order chi connectivity index (χ0) is 13.7. The van der Waals surface area contributed by atoms with Gasteiger partial charge in [0.15, 0.2) is 6.61 Å². The number of rotatable bonds is 3. The summed E-state index contributed by atoms with van der Waals surface area (Å²) in [5.74, 6) is 0.715. The number of anilines is 1. The van der Waals surface area contributed by atoms with Gasteiger partial charge in [0.1, 0.15) is 5.75 Å². The number of benzene rings is 1. The molecule has 1 atom stereocenters. The van der Waals surface area contributed by atoms with Gasteiger partial charge in [0.25, 0.3) is 5.91 Å². The Labute approximate surface area is 114 Å². The summed E-state index contributed by atoms with van der Waals surface area (Å²) < 4.78 is 5.52. The van der Waals surface area contributed by atoms with Crippen LogP contribution in [0.2, 0.25) is 0 Å². The number of nitrogens with two attached hydrogens (primary N) is 1. The molecule has 1 aromatic carbocycles. The van der Waals surface area contributed by atoms with Crippen LogP contribution in [0.4, 0.5) is 5.69 Å². The highest BCUT2D eigenvalue weighted by Gasteiger charge is 2.22. The van der Waals surface area contributed by atoms with Crippen molar-refractivity contribution in [1.29, 1.82) is 0 Å². The van der Waals surface area contributed by atoms with Gasteiger partial charge in [-0.3, -0.25) is 4.79 Å². The molecule has 2 N–H and O–H groups in total. The van der Waals surface area contributed by atoms with Crippen molar-refractivity contribution in [3.8, 4) is 5.75 Å². The van der Waals surface area contributed by atoms with Gasteiger partial charge in [-0.25, -0.2) is 0 Å². The van der Waals surface area contributed by atoms with Crippen LogP contribution < -0.4 is 10.5 Å². The van der Waals surface area contributed by atoms with Crippen LogP contribution in [0.15, 0.2) is 24.3 Å². The fraction of sp³-hybridized carbons (Fsp3) is 0.533. The smallest absolute Gasteiger partial charge is 0.260 e. The van der Waals surface area contributed by atoms with E-state index in [1.807, 2.05) is 17.0 Å². The summed E-state index contributed by atoms with van der Waals surface area (Å²) in [6, 6.07) is 7.49. The third kappa shape index (κ3) is 3.88. The van der Waals surface area contributed by atoms with Crippen LogP contribution in [0, 0.1) is 0 Å². The zero-order valence-corrected chi connectivity index (χ0v) is 11.5. The third-order valence-electron chi connectivity index (χ3n) is 3.59. The number of likely N-dealkylation sites (tertiary alicyclic amines) is 1. The Hall–Kier alpha value is -1.71. The highest BCUT2D eigenvalue weighted by atomic mass is 16.5. The summed E-state index contributed by atoms with van der Waals surface area (Å²) in [6.45, 7) is 3.05. The number of carbonyl (C=O) groups excluding carboxylic acids is 1. The minimum absolute atomic E-state index is 0.0665. The number of ether oxygens (including phenoxy) is 1. The van der Waals surface area contributed by atoms with Crippen molar-refractivity contribution in [3.05, 3.63) is 24.3 Å². The van der Waals surface area contributed by atoms with Crippen molar-refractivity contribution in [2.75, 3.05) is 18.9 Å². The Kier molecular flexibility index (Phi) is 4.66. The van der Waals surface area contributed by atoms with Crippen molar-refractivity contribution < 1.29 is 9.53 Å². The van der Waals surface area contributed by atoms with E-state index in [1.54, 1.807) is 12.1 Å². The van der Waals surface area contributed by atoms with Crippen LogP contribution in [0.1, 0.15) is 32.6 Å². The van der Waals surface area contributed by atoms with Crippen LogP contribution in [-0.4, -0.2) is 30.0 Å². The molecular formula is C15H22N2O2. The van der Waals surface area contributed by atoms with E-state index in [1.165, 1.54) is 12.8 Å². The first-order chi connectivity index (χ1) is 9.16. The molecule has 2 rings (SSSR count). The van der Waals surface area contributed by atoms with Gasteiger partial charge in [0.05, 0.1) is 0 Å². The number of nitrogens with zero attached hydrogens (tertiary/aromatic N) is 1. The molecule has 1 saturated heterocycles. The van der Waals surface area contributed by atoms with Gasteiger partial charge in [-0.1, -0.05) is 18.9 Å². The molecule has 0 spiro atoms. The minimum Gasteiger partial charge on any atom is -0.484 e. The lowest BCUT2D eigenvalue weighted by molar-refractivity contribution is -0.135. The first kappa shape index (κ1) is 13.7. The van der Waals surface area contributed by atoms with E-state index < -0.39 is 0 Å². The van der Waals surface area contributed by atoms with Crippen molar-refractivity contribution in [2.24, 2.45) is 0 Å². The first-order valence-electron chi connectivity index (χ1n) is 6.94. The molecule has 4 nitrogen and oxygen atoms in total. The van der Waals surface area contributed by atoms with Gasteiger partial charge in [-0.2, -0.15) is 0 Å². The monoisotopic (exact) mass is 262 g/mol. The van der Waals surface area contributed by atoms with Gasteiger partial charge in [0, 0.05) is 24.3 Å². The van der Waals surface area contributed by atoms with Crippen LogP contribution in [0.25, 0.3) is 0 Å². The van der Waals surface area contributed by atoms with Crippen molar-refractivity contribution in [2.45, 2.75) is 38.6 Å². The normalized spacial score (nSPS) is 19.8. The molecule has 4 heteroatoms. The van der Waals surface area contributed by atoms with E-state index in [0.717, 1.165) is 19.4 Å². The van der Waals surface area contributed by atoms with Gasteiger partial charge < -0.3 is 15.4 Å². The second-order valence-corrected chi connectivity index (χ2v) is 5.15. The third-order valence-corrected chi connectivity index (χ3v) is 3.59. The Morgan fingerprint density at radius 2 is 2.26 bits per heavy atom. The average Bonchev–Trinajstić information content (AvgIpc) is 2.61. The van der Waals surface area contributed by atoms with E-state index in [2.05, 4.69) is 6.92 Å². The molecule has 104 valence electrons. The minimum atomic E-state index is 0.0665. The highest BCUT2D eigenvalue weighted by Crippen LogP contribution is 2.18. The van der Waals surface area contributed by atoms with E-state index in [9.17, 15) is 4.79 Å². The van der Waals surface area contributed by atoms with Crippen LogP contribution in [0.3, 0.4) is 0 Å². The number of hydrogen-bond donors (Lipinski definition) is 1. The Morgan fingerprint density at radius 1 is 1.42 bits per heavy atom. The maximum atomic E-state index is 12.2. The lowest BCUT2D eigenvalue weighted by Crippen LogP contribution is -2.41. The predicted molar refractivity (Wildman–Crippen MR) is 76.0 cm³/mol. The van der Waals surface area contributed by atoms with Gasteiger partial charge in [-0.05, 0) is 31.9 Å². The van der Waals surface area contributed by atoms with Crippen molar-refractivity contribution in [3.63, 3.8) is 0 Å². The van der Waals surface area contributed by atoms with Crippen LogP contribution in [-0.2, 0) is 4.79 Å². The average molecular weight is 262 g/mol. The number of amides is 1. The van der Waals surface area contributed by atoms with E-state index >= 15 is 0 Å². The fourth-order valence-electron chi connectivity index (χ4n) is 2.48. The molecule has 1 aromatic rings. The molecule has 0 aromatic heterocycles. The number of hydrogen-bond acceptors (Lipinski definition) is 3. The molecule has 1 aliphatic rings. The van der Waals surface area contributed by atoms with E-state index in [0.29, 0.717) is 17.5 Å². The van der Waals surface area contributed by atoms with Gasteiger partial charge in [-0.15, -0.1) is 0 Å². The molecule has 1 fully saturated rings. The summed E-state index contributed by atoms with van der Waals surface area (Å²) in [5.41, 5.74) is 6.32. The lowest BCUT2D eigenvalue weighted by atomic mass is 10.1. The standard InChI is InChI=1S/C15H22N2O2/c1-12-6-3-2-4-9-17(12)15(18)11-19-14-8-5-7-13(16)10-14/h5,7-8,10,12H,2-4,6,9,11,16H2,1H3. The van der Waals surface area contributed by atoms with Gasteiger partial charge in [0.2, 0.25) is 0 Å². The molecule has 1 heterocycles. The predicted octanol–water partition coefficient (Wildman–Crippen LogP) is 2.44. The molecule has 0 aliphatic carbocycles. The largest absolute Gasteiger partial charge is 0.484 e. The number of carbonyl (C=O) groups is 1. The van der Waals surface area contributed by atoms with Crippen LogP contribution in [0.5, 0.6) is 5.75 Å². The first-order valence-corrected chi connectivity index (χ1v) is 6.94. The Morgan fingerprint density at radius 3 is 3.05 bits per heavy atom. The molecule has 19 heavy (non-hydrogen) atoms. The summed E-state index contributed by atoms with van der Waals surface area (Å²) in [6.07, 6.45) is 4.60. The van der Waals surface area contributed by atoms with E-state index in [-0.39, 0.29) is 12.5 Å². The second-order valence-electron chi connectivity index (χ2n) is 5.15. The highest BCUT2D eigenvalue weighted by molar-refractivity contribution is 5.78. The van der Waals surface area contributed by atoms with E-state index in [4.69, 9.17) is 10.5 Å². The topological polar surface area (TPSA) is 55.6 Å². The maximum Gasteiger partial charge on any atom is 0.260 e. The van der Waals surface area contributed by atoms with Gasteiger partial charge >= 0.3 is 0 Å². The zero-order valence-electron chi connectivity index (χ0n) is 11.5. The Bertz CT molecular complexity index is 434. The second kappa shape index (κ2) is 6.45. The fourth-order valence-corrected chi connectivity index (χ4v) is 2.48. The molecule has 0 bridgehead atoms.